The first-order valence-electron chi connectivity index (χ1n) is 12.4. The van der Waals surface area contributed by atoms with Crippen molar-refractivity contribution in [1.82, 2.24) is 10.9 Å². The van der Waals surface area contributed by atoms with Crippen LogP contribution in [0.2, 0.25) is 0 Å². The van der Waals surface area contributed by atoms with Crippen LogP contribution in [-0.4, -0.2) is 24.3 Å². The molecule has 1 atom stereocenters. The summed E-state index contributed by atoms with van der Waals surface area (Å²) in [5, 5.41) is 2.82. The Bertz CT molecular complexity index is 1230. The topological polar surface area (TPSA) is 96.5 Å². The highest BCUT2D eigenvalue weighted by Gasteiger charge is 2.15. The summed E-state index contributed by atoms with van der Waals surface area (Å²) < 4.78 is 5.67. The summed E-state index contributed by atoms with van der Waals surface area (Å²) in [6.45, 7) is 10.3. The molecule has 3 N–H and O–H groups in total. The molecule has 0 radical (unpaired) electrons. The first-order valence-corrected chi connectivity index (χ1v) is 12.4. The molecule has 0 saturated carbocycles. The highest BCUT2D eigenvalue weighted by Crippen LogP contribution is 2.28. The summed E-state index contributed by atoms with van der Waals surface area (Å²) in [7, 11) is 0. The van der Waals surface area contributed by atoms with Crippen molar-refractivity contribution in [3.05, 3.63) is 95.1 Å². The smallest absolute Gasteiger partial charge is 0.276 e. The second-order valence-electron chi connectivity index (χ2n) is 10.00. The Balaban J connectivity index is 1.49. The Labute approximate surface area is 218 Å². The Morgan fingerprint density at radius 2 is 1.41 bits per heavy atom. The third-order valence-electron chi connectivity index (χ3n) is 6.15. The highest BCUT2D eigenvalue weighted by molar-refractivity contribution is 6.04. The predicted molar refractivity (Wildman–Crippen MR) is 146 cm³/mol. The molecule has 7 heteroatoms. The van der Waals surface area contributed by atoms with Gasteiger partial charge in [-0.15, -0.1) is 0 Å². The SMILES string of the molecule is CCC(C)c1ccccc1OCC(=O)NNC(=O)c1ccc(NC(=O)c2ccc(C(C)(C)C)cc2)cc1. The lowest BCUT2D eigenvalue weighted by Crippen LogP contribution is -2.43. The molecular formula is C30H35N3O4. The predicted octanol–water partition coefficient (Wildman–Crippen LogP) is 5.59. The normalized spacial score (nSPS) is 11.8. The maximum absolute atomic E-state index is 12.6. The maximum Gasteiger partial charge on any atom is 0.276 e. The van der Waals surface area contributed by atoms with Gasteiger partial charge in [0.1, 0.15) is 5.75 Å². The minimum absolute atomic E-state index is 0.0106. The molecule has 3 rings (SSSR count). The number of ether oxygens (including phenoxy) is 1. The molecule has 37 heavy (non-hydrogen) atoms. The number of hydrazine groups is 1. The lowest BCUT2D eigenvalue weighted by atomic mass is 9.87. The van der Waals surface area contributed by atoms with Crippen LogP contribution in [-0.2, 0) is 10.2 Å². The number of hydrogen-bond acceptors (Lipinski definition) is 4. The van der Waals surface area contributed by atoms with Gasteiger partial charge in [0.15, 0.2) is 6.61 Å². The molecule has 0 spiro atoms. The summed E-state index contributed by atoms with van der Waals surface area (Å²) in [6, 6.07) is 21.5. The van der Waals surface area contributed by atoms with Crippen LogP contribution in [0, 0.1) is 0 Å². The van der Waals surface area contributed by atoms with E-state index < -0.39 is 11.8 Å². The summed E-state index contributed by atoms with van der Waals surface area (Å²) in [6.07, 6.45) is 0.954. The Morgan fingerprint density at radius 3 is 2.03 bits per heavy atom. The summed E-state index contributed by atoms with van der Waals surface area (Å²) >= 11 is 0. The number of hydrogen-bond donors (Lipinski definition) is 3. The van der Waals surface area contributed by atoms with Crippen molar-refractivity contribution >= 4 is 23.4 Å². The van der Waals surface area contributed by atoms with E-state index in [9.17, 15) is 14.4 Å². The molecule has 0 fully saturated rings. The number of rotatable bonds is 8. The van der Waals surface area contributed by atoms with Crippen molar-refractivity contribution in [3.63, 3.8) is 0 Å². The molecule has 0 aromatic heterocycles. The van der Waals surface area contributed by atoms with Crippen LogP contribution in [0.4, 0.5) is 5.69 Å². The number of carbonyl (C=O) groups is 3. The minimum Gasteiger partial charge on any atom is -0.483 e. The van der Waals surface area contributed by atoms with Crippen molar-refractivity contribution in [2.45, 2.75) is 52.4 Å². The minimum atomic E-state index is -0.482. The number of benzene rings is 3. The molecule has 0 heterocycles. The first-order chi connectivity index (χ1) is 17.6. The van der Waals surface area contributed by atoms with Gasteiger partial charge < -0.3 is 10.1 Å². The van der Waals surface area contributed by atoms with Crippen LogP contribution in [0.1, 0.15) is 78.8 Å². The van der Waals surface area contributed by atoms with Crippen molar-refractivity contribution in [3.8, 4) is 5.75 Å². The molecule has 3 amide bonds. The zero-order valence-electron chi connectivity index (χ0n) is 22.1. The average molecular weight is 502 g/mol. The largest absolute Gasteiger partial charge is 0.483 e. The average Bonchev–Trinajstić information content (AvgIpc) is 2.90. The van der Waals surface area contributed by atoms with Gasteiger partial charge in [0, 0.05) is 16.8 Å². The first kappa shape index (κ1) is 27.5. The van der Waals surface area contributed by atoms with Crippen LogP contribution < -0.4 is 20.9 Å². The molecule has 1 unspecified atom stereocenters. The second kappa shape index (κ2) is 12.2. The lowest BCUT2D eigenvalue weighted by Gasteiger charge is -2.19. The molecule has 0 aliphatic rings. The van der Waals surface area contributed by atoms with E-state index in [1.807, 2.05) is 36.4 Å². The van der Waals surface area contributed by atoms with E-state index in [1.165, 1.54) is 0 Å². The fourth-order valence-electron chi connectivity index (χ4n) is 3.65. The van der Waals surface area contributed by atoms with E-state index in [-0.39, 0.29) is 17.9 Å². The van der Waals surface area contributed by atoms with Gasteiger partial charge in [-0.05, 0) is 71.3 Å². The van der Waals surface area contributed by atoms with Gasteiger partial charge >= 0.3 is 0 Å². The number of para-hydroxylation sites is 1. The van der Waals surface area contributed by atoms with Crippen molar-refractivity contribution in [1.29, 1.82) is 0 Å². The van der Waals surface area contributed by atoms with E-state index in [0.29, 0.717) is 28.5 Å². The third-order valence-corrected chi connectivity index (χ3v) is 6.15. The van der Waals surface area contributed by atoms with Crippen LogP contribution in [0.15, 0.2) is 72.8 Å². The summed E-state index contributed by atoms with van der Waals surface area (Å²) in [5.74, 6) is -0.237. The van der Waals surface area contributed by atoms with Crippen molar-refractivity contribution < 1.29 is 19.1 Å². The van der Waals surface area contributed by atoms with E-state index >= 15 is 0 Å². The standard InChI is InChI=1S/C30H35N3O4/c1-6-20(2)25-9-7-8-10-26(25)37-19-27(34)32-33-29(36)22-13-17-24(18-14-22)31-28(35)21-11-15-23(16-12-21)30(3,4)5/h7-18,20H,6,19H2,1-5H3,(H,31,35)(H,32,34)(H,33,36). The van der Waals surface area contributed by atoms with Gasteiger partial charge in [-0.2, -0.15) is 0 Å². The molecule has 0 saturated heterocycles. The Hall–Kier alpha value is -4.13. The van der Waals surface area contributed by atoms with E-state index in [1.54, 1.807) is 36.4 Å². The van der Waals surface area contributed by atoms with E-state index in [4.69, 9.17) is 4.74 Å². The monoisotopic (exact) mass is 501 g/mol. The third kappa shape index (κ3) is 7.67. The molecule has 7 nitrogen and oxygen atoms in total. The van der Waals surface area contributed by atoms with Gasteiger partial charge in [0.2, 0.25) is 0 Å². The van der Waals surface area contributed by atoms with Crippen molar-refractivity contribution in [2.75, 3.05) is 11.9 Å². The Morgan fingerprint density at radius 1 is 0.811 bits per heavy atom. The van der Waals surface area contributed by atoms with Gasteiger partial charge in [-0.1, -0.05) is 65.0 Å². The molecule has 0 bridgehead atoms. The van der Waals surface area contributed by atoms with Crippen LogP contribution >= 0.6 is 0 Å². The summed E-state index contributed by atoms with van der Waals surface area (Å²) in [4.78, 5) is 37.2. The molecular weight excluding hydrogens is 466 g/mol. The fraction of sp³-hybridized carbons (Fsp3) is 0.300. The quantitative estimate of drug-likeness (QED) is 0.351. The van der Waals surface area contributed by atoms with Crippen LogP contribution in [0.3, 0.4) is 0 Å². The molecule has 3 aromatic carbocycles. The Kier molecular flexibility index (Phi) is 9.06. The van der Waals surface area contributed by atoms with E-state index in [2.05, 4.69) is 50.8 Å². The molecule has 3 aromatic rings. The number of nitrogens with one attached hydrogen (secondary N) is 3. The highest BCUT2D eigenvalue weighted by atomic mass is 16.5. The van der Waals surface area contributed by atoms with Gasteiger partial charge in [-0.25, -0.2) is 0 Å². The van der Waals surface area contributed by atoms with E-state index in [0.717, 1.165) is 17.5 Å². The fourth-order valence-corrected chi connectivity index (χ4v) is 3.65. The molecule has 194 valence electrons. The van der Waals surface area contributed by atoms with Crippen LogP contribution in [0.25, 0.3) is 0 Å². The second-order valence-corrected chi connectivity index (χ2v) is 10.00. The summed E-state index contributed by atoms with van der Waals surface area (Å²) in [5.41, 5.74) is 8.37. The van der Waals surface area contributed by atoms with Crippen LogP contribution in [0.5, 0.6) is 5.75 Å². The number of carbonyl (C=O) groups excluding carboxylic acids is 3. The van der Waals surface area contributed by atoms with Gasteiger partial charge in [0.25, 0.3) is 17.7 Å². The van der Waals surface area contributed by atoms with Gasteiger partial charge in [0.05, 0.1) is 0 Å². The van der Waals surface area contributed by atoms with Crippen molar-refractivity contribution in [2.24, 2.45) is 0 Å². The molecule has 0 aliphatic carbocycles. The maximum atomic E-state index is 12.6. The number of anilines is 1. The molecule has 0 aliphatic heterocycles. The van der Waals surface area contributed by atoms with Gasteiger partial charge in [-0.3, -0.25) is 25.2 Å². The number of amides is 3. The zero-order chi connectivity index (χ0) is 27.0. The lowest BCUT2D eigenvalue weighted by molar-refractivity contribution is -0.123. The zero-order valence-corrected chi connectivity index (χ0v) is 22.1.